The first-order valence-electron chi connectivity index (χ1n) is 11.2. The molecule has 1 saturated heterocycles. The van der Waals surface area contributed by atoms with Gasteiger partial charge < -0.3 is 24.1 Å². The minimum absolute atomic E-state index is 0.155. The van der Waals surface area contributed by atoms with Gasteiger partial charge in [0.05, 0.1) is 32.5 Å². The van der Waals surface area contributed by atoms with Gasteiger partial charge in [-0.25, -0.2) is 0 Å². The first kappa shape index (κ1) is 23.0. The van der Waals surface area contributed by atoms with E-state index >= 15 is 0 Å². The molecule has 2 aliphatic heterocycles. The van der Waals surface area contributed by atoms with E-state index < -0.39 is 0 Å². The van der Waals surface area contributed by atoms with Crippen molar-refractivity contribution in [1.29, 1.82) is 0 Å². The molecule has 0 aromatic heterocycles. The molecule has 4 rings (SSSR count). The number of rotatable bonds is 6. The fourth-order valence-electron chi connectivity index (χ4n) is 4.48. The highest BCUT2D eigenvalue weighted by Crippen LogP contribution is 2.43. The van der Waals surface area contributed by atoms with Crippen LogP contribution in [0.3, 0.4) is 0 Å². The maximum absolute atomic E-state index is 13.3. The first-order valence-corrected chi connectivity index (χ1v) is 11.2. The first-order chi connectivity index (χ1) is 15.9. The number of fused-ring (bicyclic) bond motifs is 1. The second-order valence-electron chi connectivity index (χ2n) is 8.74. The van der Waals surface area contributed by atoms with Crippen molar-refractivity contribution in [2.45, 2.75) is 33.2 Å². The third kappa shape index (κ3) is 4.37. The zero-order valence-corrected chi connectivity index (χ0v) is 19.9. The molecule has 0 bridgehead atoms. The summed E-state index contributed by atoms with van der Waals surface area (Å²) in [6.45, 7) is 6.54. The third-order valence-electron chi connectivity index (χ3n) is 6.50. The monoisotopic (exact) mass is 453 g/mol. The number of ketones is 1. The molecule has 176 valence electrons. The Morgan fingerprint density at radius 1 is 1.06 bits per heavy atom. The summed E-state index contributed by atoms with van der Waals surface area (Å²) in [4.78, 5) is 15.6. The van der Waals surface area contributed by atoms with E-state index in [2.05, 4.69) is 11.8 Å². The number of benzene rings is 2. The van der Waals surface area contributed by atoms with Gasteiger partial charge >= 0.3 is 0 Å². The van der Waals surface area contributed by atoms with E-state index in [0.29, 0.717) is 57.7 Å². The smallest absolute Gasteiger partial charge is 0.232 e. The van der Waals surface area contributed by atoms with Crippen molar-refractivity contribution >= 4 is 11.9 Å². The van der Waals surface area contributed by atoms with Gasteiger partial charge in [0.15, 0.2) is 17.3 Å². The minimum Gasteiger partial charge on any atom is -0.507 e. The number of likely N-dealkylation sites (tertiary alicyclic amines) is 1. The Morgan fingerprint density at radius 3 is 2.33 bits per heavy atom. The van der Waals surface area contributed by atoms with Crippen LogP contribution in [0, 0.1) is 12.8 Å². The summed E-state index contributed by atoms with van der Waals surface area (Å²) in [7, 11) is 4.65. The quantitative estimate of drug-likeness (QED) is 0.642. The third-order valence-corrected chi connectivity index (χ3v) is 6.50. The van der Waals surface area contributed by atoms with E-state index in [4.69, 9.17) is 18.9 Å². The van der Waals surface area contributed by atoms with Crippen LogP contribution >= 0.6 is 0 Å². The normalized spacial score (nSPS) is 17.7. The lowest BCUT2D eigenvalue weighted by atomic mass is 9.96. The Labute approximate surface area is 194 Å². The number of hydrogen-bond acceptors (Lipinski definition) is 7. The number of ether oxygens (including phenoxy) is 4. The van der Waals surface area contributed by atoms with Crippen LogP contribution in [0.25, 0.3) is 6.08 Å². The van der Waals surface area contributed by atoms with E-state index in [9.17, 15) is 9.90 Å². The molecule has 0 spiro atoms. The molecule has 0 aliphatic carbocycles. The molecular weight excluding hydrogens is 422 g/mol. The molecule has 1 fully saturated rings. The van der Waals surface area contributed by atoms with E-state index in [1.807, 2.05) is 6.92 Å². The van der Waals surface area contributed by atoms with Gasteiger partial charge in [-0.1, -0.05) is 6.92 Å². The summed E-state index contributed by atoms with van der Waals surface area (Å²) >= 11 is 0. The van der Waals surface area contributed by atoms with Crippen LogP contribution in [0.4, 0.5) is 0 Å². The molecule has 0 atom stereocenters. The number of allylic oxidation sites excluding steroid dienone is 1. The van der Waals surface area contributed by atoms with Gasteiger partial charge in [0.2, 0.25) is 5.78 Å². The van der Waals surface area contributed by atoms with Crippen LogP contribution in [0.1, 0.15) is 46.8 Å². The van der Waals surface area contributed by atoms with Gasteiger partial charge in [-0.15, -0.1) is 0 Å². The predicted molar refractivity (Wildman–Crippen MR) is 126 cm³/mol. The van der Waals surface area contributed by atoms with Crippen LogP contribution in [0.2, 0.25) is 0 Å². The van der Waals surface area contributed by atoms with Crippen LogP contribution in [-0.2, 0) is 6.54 Å². The summed E-state index contributed by atoms with van der Waals surface area (Å²) in [5.74, 6) is 2.84. The fourth-order valence-corrected chi connectivity index (χ4v) is 4.48. The Kier molecular flexibility index (Phi) is 6.51. The second-order valence-corrected chi connectivity index (χ2v) is 8.74. The molecule has 7 nitrogen and oxygen atoms in total. The number of piperidine rings is 1. The lowest BCUT2D eigenvalue weighted by Crippen LogP contribution is -2.32. The molecule has 33 heavy (non-hydrogen) atoms. The SMILES string of the molecule is COc1cc(OC)c(OC)cc1/C=C1\Oc2c(CN3CCC(C)CC3)c(O)cc(C)c2C1=O. The fraction of sp³-hybridized carbons (Fsp3) is 0.423. The lowest BCUT2D eigenvalue weighted by molar-refractivity contribution is 0.101. The summed E-state index contributed by atoms with van der Waals surface area (Å²) in [6, 6.07) is 5.10. The number of hydrogen-bond donors (Lipinski definition) is 1. The van der Waals surface area contributed by atoms with Crippen molar-refractivity contribution in [2.24, 2.45) is 5.92 Å². The van der Waals surface area contributed by atoms with Gasteiger partial charge in [-0.2, -0.15) is 0 Å². The molecule has 7 heteroatoms. The standard InChI is InChI=1S/C26H31NO6/c1-15-6-8-27(9-7-15)14-18-19(28)10-16(2)24-25(29)23(33-26(18)24)12-17-11-21(31-4)22(32-5)13-20(17)30-3/h10-13,15,28H,6-9,14H2,1-5H3/b23-12-. The Balaban J connectivity index is 1.71. The molecule has 0 saturated carbocycles. The number of phenolic OH excluding ortho intramolecular Hbond substituents is 1. The molecule has 2 aromatic carbocycles. The van der Waals surface area contributed by atoms with Gasteiger partial charge in [-0.3, -0.25) is 9.69 Å². The van der Waals surface area contributed by atoms with Crippen molar-refractivity contribution < 1.29 is 28.8 Å². The zero-order valence-electron chi connectivity index (χ0n) is 19.9. The Hall–Kier alpha value is -3.19. The number of carbonyl (C=O) groups is 1. The van der Waals surface area contributed by atoms with Gasteiger partial charge in [0.1, 0.15) is 17.2 Å². The molecule has 1 N–H and O–H groups in total. The predicted octanol–water partition coefficient (Wildman–Crippen LogP) is 4.57. The number of aryl methyl sites for hydroxylation is 1. The number of carbonyl (C=O) groups excluding carboxylic acids is 1. The summed E-state index contributed by atoms with van der Waals surface area (Å²) in [5, 5.41) is 10.7. The average molecular weight is 454 g/mol. The molecule has 2 aliphatic rings. The highest BCUT2D eigenvalue weighted by atomic mass is 16.5. The van der Waals surface area contributed by atoms with Crippen molar-refractivity contribution in [2.75, 3.05) is 34.4 Å². The molecule has 0 radical (unpaired) electrons. The summed E-state index contributed by atoms with van der Waals surface area (Å²) < 4.78 is 22.3. The average Bonchev–Trinajstić information content (AvgIpc) is 3.13. The van der Waals surface area contributed by atoms with E-state index in [-0.39, 0.29) is 17.3 Å². The highest BCUT2D eigenvalue weighted by molar-refractivity contribution is 6.16. The second kappa shape index (κ2) is 9.35. The summed E-state index contributed by atoms with van der Waals surface area (Å²) in [6.07, 6.45) is 3.89. The van der Waals surface area contributed by atoms with Gasteiger partial charge in [0.25, 0.3) is 0 Å². The van der Waals surface area contributed by atoms with E-state index in [0.717, 1.165) is 25.9 Å². The maximum Gasteiger partial charge on any atom is 0.232 e. The van der Waals surface area contributed by atoms with Crippen molar-refractivity contribution in [3.05, 3.63) is 46.2 Å². The molecular formula is C26H31NO6. The maximum atomic E-state index is 13.3. The number of nitrogens with zero attached hydrogens (tertiary/aromatic N) is 1. The topological polar surface area (TPSA) is 77.5 Å². The number of phenols is 1. The van der Waals surface area contributed by atoms with Gasteiger partial charge in [0, 0.05) is 18.2 Å². The molecule has 0 amide bonds. The number of Topliss-reactive ketones (excluding diaryl/α,β-unsaturated/α-hetero) is 1. The highest BCUT2D eigenvalue weighted by Gasteiger charge is 2.34. The van der Waals surface area contributed by atoms with Crippen LogP contribution < -0.4 is 18.9 Å². The summed E-state index contributed by atoms with van der Waals surface area (Å²) in [5.41, 5.74) is 2.46. The van der Waals surface area contributed by atoms with Crippen molar-refractivity contribution in [3.63, 3.8) is 0 Å². The number of aromatic hydroxyl groups is 1. The minimum atomic E-state index is -0.215. The van der Waals surface area contributed by atoms with E-state index in [1.54, 1.807) is 45.6 Å². The van der Waals surface area contributed by atoms with Crippen LogP contribution in [0.15, 0.2) is 24.0 Å². The van der Waals surface area contributed by atoms with Crippen LogP contribution in [-0.4, -0.2) is 50.2 Å². The molecule has 2 aromatic rings. The largest absolute Gasteiger partial charge is 0.507 e. The zero-order chi connectivity index (χ0) is 23.7. The molecule has 0 unspecified atom stereocenters. The van der Waals surface area contributed by atoms with Crippen LogP contribution in [0.5, 0.6) is 28.7 Å². The molecule has 2 heterocycles. The Bertz CT molecular complexity index is 1100. The Morgan fingerprint density at radius 2 is 1.70 bits per heavy atom. The van der Waals surface area contributed by atoms with Crippen molar-refractivity contribution in [1.82, 2.24) is 4.90 Å². The lowest BCUT2D eigenvalue weighted by Gasteiger charge is -2.30. The van der Waals surface area contributed by atoms with Crippen molar-refractivity contribution in [3.8, 4) is 28.7 Å². The van der Waals surface area contributed by atoms with E-state index in [1.165, 1.54) is 0 Å². The van der Waals surface area contributed by atoms with Gasteiger partial charge in [-0.05, 0) is 62.5 Å². The number of methoxy groups -OCH3 is 3.